The summed E-state index contributed by atoms with van der Waals surface area (Å²) in [7, 11) is 0. The lowest BCUT2D eigenvalue weighted by molar-refractivity contribution is 0.0696. The van der Waals surface area contributed by atoms with E-state index in [1.807, 2.05) is 6.07 Å². The van der Waals surface area contributed by atoms with E-state index < -0.39 is 11.8 Å². The Balaban J connectivity index is 2.41. The third-order valence-corrected chi connectivity index (χ3v) is 3.80. The van der Waals surface area contributed by atoms with Crippen LogP contribution in [-0.2, 0) is 0 Å². The maximum atomic E-state index is 13.5. The first-order valence-corrected chi connectivity index (χ1v) is 6.55. The molecule has 2 aromatic carbocycles. The largest absolute Gasteiger partial charge is 0.478 e. The van der Waals surface area contributed by atoms with Gasteiger partial charge < -0.3 is 5.11 Å². The fourth-order valence-electron chi connectivity index (χ4n) is 1.72. The van der Waals surface area contributed by atoms with Gasteiger partial charge in [0.2, 0.25) is 0 Å². The number of benzene rings is 2. The quantitative estimate of drug-likeness (QED) is 0.931. The Kier molecular flexibility index (Phi) is 4.06. The number of carboxylic acids is 1. The summed E-state index contributed by atoms with van der Waals surface area (Å²) in [6.45, 7) is 1.71. The van der Waals surface area contributed by atoms with E-state index in [2.05, 4.69) is 0 Å². The smallest absolute Gasteiger partial charge is 0.335 e. The van der Waals surface area contributed by atoms with Crippen LogP contribution in [0, 0.1) is 24.1 Å². The molecule has 0 unspecified atom stereocenters. The van der Waals surface area contributed by atoms with Crippen LogP contribution in [0.4, 0.5) is 4.39 Å². The summed E-state index contributed by atoms with van der Waals surface area (Å²) in [5, 5.41) is 18.0. The second kappa shape index (κ2) is 5.76. The molecular formula is C15H10FNO2S. The highest BCUT2D eigenvalue weighted by atomic mass is 32.2. The average Bonchev–Trinajstić information content (AvgIpc) is 2.41. The summed E-state index contributed by atoms with van der Waals surface area (Å²) in [6, 6.07) is 11.2. The lowest BCUT2D eigenvalue weighted by Crippen LogP contribution is -1.99. The van der Waals surface area contributed by atoms with Gasteiger partial charge in [0, 0.05) is 9.79 Å². The van der Waals surface area contributed by atoms with Gasteiger partial charge in [0.15, 0.2) is 0 Å². The predicted octanol–water partition coefficient (Wildman–Crippen LogP) is 3.86. The number of nitriles is 1. The van der Waals surface area contributed by atoms with Crippen molar-refractivity contribution in [1.29, 1.82) is 5.26 Å². The molecule has 0 bridgehead atoms. The van der Waals surface area contributed by atoms with Crippen LogP contribution in [0.15, 0.2) is 46.2 Å². The number of aromatic carboxylic acids is 1. The third kappa shape index (κ3) is 2.81. The second-order valence-electron chi connectivity index (χ2n) is 4.11. The third-order valence-electron chi connectivity index (χ3n) is 2.75. The molecule has 0 aliphatic carbocycles. The molecule has 0 heterocycles. The van der Waals surface area contributed by atoms with Crippen molar-refractivity contribution in [3.05, 3.63) is 58.9 Å². The molecule has 100 valence electrons. The second-order valence-corrected chi connectivity index (χ2v) is 5.22. The highest BCUT2D eigenvalue weighted by Gasteiger charge is 2.12. The molecule has 2 rings (SSSR count). The zero-order valence-corrected chi connectivity index (χ0v) is 11.4. The number of rotatable bonds is 3. The van der Waals surface area contributed by atoms with Gasteiger partial charge in [-0.05, 0) is 36.8 Å². The van der Waals surface area contributed by atoms with Crippen molar-refractivity contribution >= 4 is 17.7 Å². The Morgan fingerprint density at radius 2 is 2.10 bits per heavy atom. The number of carboxylic acid groups (broad SMARTS) is 1. The van der Waals surface area contributed by atoms with Crippen molar-refractivity contribution < 1.29 is 14.3 Å². The summed E-state index contributed by atoms with van der Waals surface area (Å²) in [4.78, 5) is 12.2. The van der Waals surface area contributed by atoms with Gasteiger partial charge >= 0.3 is 5.97 Å². The van der Waals surface area contributed by atoms with Crippen molar-refractivity contribution in [2.45, 2.75) is 16.7 Å². The lowest BCUT2D eigenvalue weighted by Gasteiger charge is -2.07. The summed E-state index contributed by atoms with van der Waals surface area (Å²) >= 11 is 1.17. The van der Waals surface area contributed by atoms with Crippen LogP contribution < -0.4 is 0 Å². The van der Waals surface area contributed by atoms with Gasteiger partial charge in [-0.3, -0.25) is 0 Å². The molecule has 0 amide bonds. The highest BCUT2D eigenvalue weighted by Crippen LogP contribution is 2.32. The zero-order chi connectivity index (χ0) is 14.7. The van der Waals surface area contributed by atoms with Gasteiger partial charge in [-0.15, -0.1) is 0 Å². The molecule has 0 saturated heterocycles. The van der Waals surface area contributed by atoms with E-state index in [9.17, 15) is 9.18 Å². The summed E-state index contributed by atoms with van der Waals surface area (Å²) in [5.41, 5.74) is 0.821. The van der Waals surface area contributed by atoms with Crippen LogP contribution in [0.5, 0.6) is 0 Å². The SMILES string of the molecule is Cc1ccc(Sc2cccc(F)c2C#N)cc1C(=O)O. The fraction of sp³-hybridized carbons (Fsp3) is 0.0667. The van der Waals surface area contributed by atoms with Gasteiger partial charge in [-0.2, -0.15) is 5.26 Å². The number of hydrogen-bond donors (Lipinski definition) is 1. The molecule has 0 spiro atoms. The number of aryl methyl sites for hydroxylation is 1. The lowest BCUT2D eigenvalue weighted by atomic mass is 10.1. The summed E-state index contributed by atoms with van der Waals surface area (Å²) in [5.74, 6) is -1.59. The molecular weight excluding hydrogens is 277 g/mol. The van der Waals surface area contributed by atoms with Gasteiger partial charge in [-0.1, -0.05) is 23.9 Å². The summed E-state index contributed by atoms with van der Waals surface area (Å²) < 4.78 is 13.5. The van der Waals surface area contributed by atoms with E-state index >= 15 is 0 Å². The van der Waals surface area contributed by atoms with Crippen molar-refractivity contribution in [1.82, 2.24) is 0 Å². The molecule has 2 aromatic rings. The topological polar surface area (TPSA) is 61.1 Å². The minimum absolute atomic E-state index is 0.0325. The first kappa shape index (κ1) is 14.1. The van der Waals surface area contributed by atoms with Crippen LogP contribution in [0.25, 0.3) is 0 Å². The summed E-state index contributed by atoms with van der Waals surface area (Å²) in [6.07, 6.45) is 0. The Morgan fingerprint density at radius 3 is 2.75 bits per heavy atom. The highest BCUT2D eigenvalue weighted by molar-refractivity contribution is 7.99. The normalized spacial score (nSPS) is 10.1. The van der Waals surface area contributed by atoms with Crippen molar-refractivity contribution in [3.63, 3.8) is 0 Å². The maximum absolute atomic E-state index is 13.5. The standard InChI is InChI=1S/C15H10FNO2S/c1-9-5-6-10(7-11(9)15(18)19)20-14-4-2-3-13(16)12(14)8-17/h2-7H,1H3,(H,18,19). The van der Waals surface area contributed by atoms with Crippen LogP contribution in [0.3, 0.4) is 0 Å². The van der Waals surface area contributed by atoms with E-state index in [0.717, 1.165) is 0 Å². The van der Waals surface area contributed by atoms with Gasteiger partial charge in [0.25, 0.3) is 0 Å². The van der Waals surface area contributed by atoms with E-state index in [1.165, 1.54) is 30.0 Å². The van der Waals surface area contributed by atoms with Crippen LogP contribution in [0.2, 0.25) is 0 Å². The monoisotopic (exact) mass is 287 g/mol. The van der Waals surface area contributed by atoms with Gasteiger partial charge in [0.05, 0.1) is 5.56 Å². The Bertz CT molecular complexity index is 722. The molecule has 0 aliphatic rings. The molecule has 0 aromatic heterocycles. The first-order chi connectivity index (χ1) is 9.52. The number of hydrogen-bond acceptors (Lipinski definition) is 3. The molecule has 0 aliphatic heterocycles. The van der Waals surface area contributed by atoms with Gasteiger partial charge in [-0.25, -0.2) is 9.18 Å². The number of halogens is 1. The molecule has 3 nitrogen and oxygen atoms in total. The van der Waals surface area contributed by atoms with Crippen LogP contribution in [-0.4, -0.2) is 11.1 Å². The fourth-order valence-corrected chi connectivity index (χ4v) is 2.68. The molecule has 20 heavy (non-hydrogen) atoms. The minimum atomic E-state index is -1.01. The van der Waals surface area contributed by atoms with E-state index in [1.54, 1.807) is 25.1 Å². The molecule has 1 N–H and O–H groups in total. The minimum Gasteiger partial charge on any atom is -0.478 e. The van der Waals surface area contributed by atoms with Crippen molar-refractivity contribution in [2.24, 2.45) is 0 Å². The van der Waals surface area contributed by atoms with E-state index in [-0.39, 0.29) is 11.1 Å². The molecule has 0 saturated carbocycles. The van der Waals surface area contributed by atoms with Crippen molar-refractivity contribution in [2.75, 3.05) is 0 Å². The molecule has 0 radical (unpaired) electrons. The van der Waals surface area contributed by atoms with Crippen LogP contribution >= 0.6 is 11.8 Å². The molecule has 0 atom stereocenters. The molecule has 5 heteroatoms. The number of carbonyl (C=O) groups is 1. The Morgan fingerprint density at radius 1 is 1.35 bits per heavy atom. The van der Waals surface area contributed by atoms with E-state index in [4.69, 9.17) is 10.4 Å². The van der Waals surface area contributed by atoms with Crippen molar-refractivity contribution in [3.8, 4) is 6.07 Å². The van der Waals surface area contributed by atoms with E-state index in [0.29, 0.717) is 15.4 Å². The Labute approximate surface area is 119 Å². The van der Waals surface area contributed by atoms with Gasteiger partial charge in [0.1, 0.15) is 17.4 Å². The van der Waals surface area contributed by atoms with Crippen LogP contribution in [0.1, 0.15) is 21.5 Å². The zero-order valence-electron chi connectivity index (χ0n) is 10.6. The molecule has 0 fully saturated rings. The Hall–Kier alpha value is -2.32. The first-order valence-electron chi connectivity index (χ1n) is 5.73. The predicted molar refractivity (Wildman–Crippen MR) is 73.4 cm³/mol. The average molecular weight is 287 g/mol. The maximum Gasteiger partial charge on any atom is 0.335 e. The number of nitrogens with zero attached hydrogens (tertiary/aromatic N) is 1.